The molecule has 0 saturated carbocycles. The average Bonchev–Trinajstić information content (AvgIpc) is 3.51. The summed E-state index contributed by atoms with van der Waals surface area (Å²) in [5, 5.41) is 21.3. The highest BCUT2D eigenvalue weighted by Gasteiger charge is 2.39. The summed E-state index contributed by atoms with van der Waals surface area (Å²) in [7, 11) is 0. The molecule has 0 radical (unpaired) electrons. The van der Waals surface area contributed by atoms with Gasteiger partial charge >= 0.3 is 12.1 Å². The van der Waals surface area contributed by atoms with Crippen LogP contribution in [0.3, 0.4) is 0 Å². The first-order chi connectivity index (χ1) is 23.8. The van der Waals surface area contributed by atoms with E-state index in [0.29, 0.717) is 32.1 Å². The van der Waals surface area contributed by atoms with E-state index in [2.05, 4.69) is 9.97 Å². The van der Waals surface area contributed by atoms with Crippen LogP contribution in [0.4, 0.5) is 27.6 Å². The van der Waals surface area contributed by atoms with Crippen LogP contribution in [0.2, 0.25) is 5.02 Å². The van der Waals surface area contributed by atoms with Gasteiger partial charge in [0.1, 0.15) is 24.3 Å². The van der Waals surface area contributed by atoms with Gasteiger partial charge in [0, 0.05) is 53.9 Å². The molecular formula is C33H26ClF5N6O4S. The Hall–Kier alpha value is -4.85. The summed E-state index contributed by atoms with van der Waals surface area (Å²) in [5.41, 5.74) is -1.66. The van der Waals surface area contributed by atoms with Gasteiger partial charge in [0.25, 0.3) is 12.0 Å². The normalized spacial score (nSPS) is 14.1. The van der Waals surface area contributed by atoms with Gasteiger partial charge in [0.15, 0.2) is 0 Å². The van der Waals surface area contributed by atoms with E-state index in [-0.39, 0.29) is 61.6 Å². The zero-order chi connectivity index (χ0) is 35.9. The van der Waals surface area contributed by atoms with Crippen molar-refractivity contribution < 1.29 is 36.6 Å². The van der Waals surface area contributed by atoms with Gasteiger partial charge in [-0.15, -0.1) is 11.3 Å². The van der Waals surface area contributed by atoms with Crippen LogP contribution >= 0.6 is 22.9 Å². The highest BCUT2D eigenvalue weighted by Crippen LogP contribution is 2.42. The van der Waals surface area contributed by atoms with Crippen LogP contribution in [0, 0.1) is 18.3 Å². The second-order valence-electron chi connectivity index (χ2n) is 11.4. The number of hydrogen-bond acceptors (Lipinski definition) is 9. The number of aryl methyl sites for hydroxylation is 1. The highest BCUT2D eigenvalue weighted by molar-refractivity contribution is 7.18. The van der Waals surface area contributed by atoms with Crippen molar-refractivity contribution in [3.8, 4) is 22.9 Å². The number of hydrogen-bond donors (Lipinski definition) is 1. The zero-order valence-corrected chi connectivity index (χ0v) is 27.7. The van der Waals surface area contributed by atoms with Gasteiger partial charge in [-0.3, -0.25) is 19.2 Å². The smallest absolute Gasteiger partial charge is 0.418 e. The molecule has 0 amide bonds. The van der Waals surface area contributed by atoms with E-state index < -0.39 is 47.5 Å². The Balaban J connectivity index is 1.35. The summed E-state index contributed by atoms with van der Waals surface area (Å²) >= 11 is 7.51. The Kier molecular flexibility index (Phi) is 9.67. The first kappa shape index (κ1) is 35.0. The number of carboxylic acid groups (broad SMARTS) is 1. The average molecular weight is 733 g/mol. The number of nitriles is 1. The number of alkyl halides is 5. The predicted molar refractivity (Wildman–Crippen MR) is 178 cm³/mol. The van der Waals surface area contributed by atoms with Crippen LogP contribution in [0.5, 0.6) is 5.75 Å². The van der Waals surface area contributed by atoms with Gasteiger partial charge in [0.05, 0.1) is 56.6 Å². The van der Waals surface area contributed by atoms with Crippen molar-refractivity contribution >= 4 is 55.7 Å². The van der Waals surface area contributed by atoms with Gasteiger partial charge in [-0.2, -0.15) is 18.4 Å². The molecule has 1 aliphatic rings. The van der Waals surface area contributed by atoms with E-state index in [0.717, 1.165) is 6.07 Å². The first-order valence-electron chi connectivity index (χ1n) is 15.1. The number of carbonyl (C=O) groups is 1. The summed E-state index contributed by atoms with van der Waals surface area (Å²) in [6, 6.07) is 9.10. The van der Waals surface area contributed by atoms with Crippen LogP contribution in [0.1, 0.15) is 27.3 Å². The number of piperazine rings is 1. The molecule has 17 heteroatoms. The van der Waals surface area contributed by atoms with Crippen LogP contribution in [0.25, 0.3) is 32.2 Å². The van der Waals surface area contributed by atoms with Crippen molar-refractivity contribution in [3.63, 3.8) is 0 Å². The minimum Gasteiger partial charge on any atom is -0.491 e. The monoisotopic (exact) mass is 732 g/mol. The van der Waals surface area contributed by atoms with E-state index in [1.165, 1.54) is 44.2 Å². The number of thiophene rings is 1. The molecule has 260 valence electrons. The number of carboxylic acids is 1. The van der Waals surface area contributed by atoms with Gasteiger partial charge < -0.3 is 14.7 Å². The predicted octanol–water partition coefficient (Wildman–Crippen LogP) is 6.69. The summed E-state index contributed by atoms with van der Waals surface area (Å²) in [4.78, 5) is 36.9. The third-order valence-corrected chi connectivity index (χ3v) is 9.64. The van der Waals surface area contributed by atoms with Crippen molar-refractivity contribution in [1.82, 2.24) is 19.4 Å². The van der Waals surface area contributed by atoms with E-state index in [9.17, 15) is 41.9 Å². The molecule has 1 aliphatic heterocycles. The Labute approximate surface area is 289 Å². The number of halogens is 6. The molecule has 0 atom stereocenters. The molecule has 4 heterocycles. The number of aromatic nitrogens is 3. The van der Waals surface area contributed by atoms with Crippen LogP contribution in [0.15, 0.2) is 46.7 Å². The van der Waals surface area contributed by atoms with E-state index in [1.807, 2.05) is 0 Å². The van der Waals surface area contributed by atoms with Crippen molar-refractivity contribution in [3.05, 3.63) is 79.8 Å². The second-order valence-corrected chi connectivity index (χ2v) is 12.7. The van der Waals surface area contributed by atoms with E-state index >= 15 is 0 Å². The largest absolute Gasteiger partial charge is 0.491 e. The zero-order valence-electron chi connectivity index (χ0n) is 26.1. The number of fused-ring (bicyclic) bond motifs is 2. The van der Waals surface area contributed by atoms with Crippen LogP contribution in [-0.2, 0) is 12.7 Å². The number of ether oxygens (including phenoxy) is 1. The van der Waals surface area contributed by atoms with Crippen molar-refractivity contribution in [2.75, 3.05) is 44.2 Å². The Morgan fingerprint density at radius 3 is 2.56 bits per heavy atom. The molecule has 5 aromatic rings. The minimum absolute atomic E-state index is 0.0448. The van der Waals surface area contributed by atoms with Gasteiger partial charge in [0.2, 0.25) is 0 Å². The maximum Gasteiger partial charge on any atom is 0.418 e. The third kappa shape index (κ3) is 6.68. The lowest BCUT2D eigenvalue weighted by molar-refractivity contribution is -0.137. The standard InChI is InChI=1S/C33H26ClF5N6O4S/c1-17-42-24-13-23(33(37,38)39)29(44-8-6-43(7-9-44)15-26(35)36)21(14-40)27(24)31(46)45(17)10-11-49-25-3-2-18(34)12-20(25)19-4-5-41-28-22(32(47)48)16-50-30(19)28/h2-5,12-13,16,26H,6-11,15H2,1H3,(H,47,48). The summed E-state index contributed by atoms with van der Waals surface area (Å²) in [5.74, 6) is -0.683. The number of nitrogens with zero attached hydrogens (tertiary/aromatic N) is 6. The topological polar surface area (TPSA) is 125 Å². The molecule has 0 unspecified atom stereocenters. The van der Waals surface area contributed by atoms with Gasteiger partial charge in [-0.05, 0) is 37.3 Å². The van der Waals surface area contributed by atoms with Crippen molar-refractivity contribution in [1.29, 1.82) is 5.26 Å². The lowest BCUT2D eigenvalue weighted by atomic mass is 10.00. The molecule has 1 fully saturated rings. The lowest BCUT2D eigenvalue weighted by Crippen LogP contribution is -2.48. The minimum atomic E-state index is -4.90. The molecule has 2 aromatic carbocycles. The number of aromatic carboxylic acids is 1. The van der Waals surface area contributed by atoms with Gasteiger partial charge in [-0.1, -0.05) is 11.6 Å². The molecular weight excluding hydrogens is 707 g/mol. The number of rotatable bonds is 9. The molecule has 3 aromatic heterocycles. The molecule has 0 spiro atoms. The fraction of sp³-hybridized carbons (Fsp3) is 0.303. The number of benzene rings is 2. The van der Waals surface area contributed by atoms with Crippen LogP contribution < -0.4 is 15.2 Å². The van der Waals surface area contributed by atoms with E-state index in [1.54, 1.807) is 30.3 Å². The molecule has 0 bridgehead atoms. The van der Waals surface area contributed by atoms with Crippen molar-refractivity contribution in [2.45, 2.75) is 26.1 Å². The van der Waals surface area contributed by atoms with E-state index in [4.69, 9.17) is 16.3 Å². The fourth-order valence-corrected chi connectivity index (χ4v) is 7.33. The highest BCUT2D eigenvalue weighted by atomic mass is 35.5. The van der Waals surface area contributed by atoms with Crippen LogP contribution in [-0.4, -0.2) is 76.3 Å². The Morgan fingerprint density at radius 2 is 1.90 bits per heavy atom. The quantitative estimate of drug-likeness (QED) is 0.165. The number of pyridine rings is 1. The Bertz CT molecular complexity index is 2230. The third-order valence-electron chi connectivity index (χ3n) is 8.40. The summed E-state index contributed by atoms with van der Waals surface area (Å²) < 4.78 is 76.9. The van der Waals surface area contributed by atoms with Crippen molar-refractivity contribution in [2.24, 2.45) is 0 Å². The number of anilines is 1. The second kappa shape index (κ2) is 13.8. The maximum atomic E-state index is 14.4. The summed E-state index contributed by atoms with van der Waals surface area (Å²) in [6.07, 6.45) is -6.03. The summed E-state index contributed by atoms with van der Waals surface area (Å²) in [6.45, 7) is 0.686. The first-order valence-corrected chi connectivity index (χ1v) is 16.4. The van der Waals surface area contributed by atoms with Gasteiger partial charge in [-0.25, -0.2) is 18.6 Å². The molecule has 0 aliphatic carbocycles. The molecule has 50 heavy (non-hydrogen) atoms. The molecule has 6 rings (SSSR count). The molecule has 1 N–H and O–H groups in total. The molecule has 10 nitrogen and oxygen atoms in total. The fourth-order valence-electron chi connectivity index (χ4n) is 6.13. The molecule has 1 saturated heterocycles. The Morgan fingerprint density at radius 1 is 1.16 bits per heavy atom. The SMILES string of the molecule is Cc1nc2cc(C(F)(F)F)c(N3CCN(CC(F)F)CC3)c(C#N)c2c(=O)n1CCOc1ccc(Cl)cc1-c1ccnc2c(C(=O)O)csc12. The maximum absolute atomic E-state index is 14.4. The lowest BCUT2D eigenvalue weighted by Gasteiger charge is -2.37.